The molecule has 0 aliphatic heterocycles. The van der Waals surface area contributed by atoms with Crippen molar-refractivity contribution in [1.82, 2.24) is 14.5 Å². The van der Waals surface area contributed by atoms with Gasteiger partial charge >= 0.3 is 5.97 Å². The van der Waals surface area contributed by atoms with E-state index in [0.717, 1.165) is 30.0 Å². The number of carbonyl (C=O) groups is 1. The van der Waals surface area contributed by atoms with Gasteiger partial charge in [-0.1, -0.05) is 36.2 Å². The number of carboxylic acids is 1. The third kappa shape index (κ3) is 3.68. The molecular formula is C14H16ClN3O2S. The minimum absolute atomic E-state index is 0.000318. The van der Waals surface area contributed by atoms with Gasteiger partial charge in [0.05, 0.1) is 10.8 Å². The van der Waals surface area contributed by atoms with E-state index in [1.165, 1.54) is 31.0 Å². The summed E-state index contributed by atoms with van der Waals surface area (Å²) in [6.45, 7) is 0.823. The van der Waals surface area contributed by atoms with Crippen LogP contribution in [0.5, 0.6) is 0 Å². The number of nitrogens with zero attached hydrogens (tertiary/aromatic N) is 3. The summed E-state index contributed by atoms with van der Waals surface area (Å²) >= 11 is 7.18. The molecule has 1 N–H and O–H groups in total. The lowest BCUT2D eigenvalue weighted by atomic mass is 10.2. The fourth-order valence-electron chi connectivity index (χ4n) is 2.35. The molecule has 0 saturated heterocycles. The number of aryl methyl sites for hydroxylation is 1. The number of aliphatic carboxylic acids is 1. The van der Waals surface area contributed by atoms with Crippen LogP contribution in [0.25, 0.3) is 11.2 Å². The molecule has 3 rings (SSSR count). The molecule has 112 valence electrons. The Morgan fingerprint density at radius 3 is 3.05 bits per heavy atom. The van der Waals surface area contributed by atoms with E-state index >= 15 is 0 Å². The zero-order valence-electron chi connectivity index (χ0n) is 11.5. The molecular weight excluding hydrogens is 310 g/mol. The number of pyridine rings is 1. The topological polar surface area (TPSA) is 68.0 Å². The average Bonchev–Trinajstić information content (AvgIpc) is 3.19. The molecule has 2 aromatic heterocycles. The molecule has 2 heterocycles. The van der Waals surface area contributed by atoms with Gasteiger partial charge < -0.3 is 9.67 Å². The van der Waals surface area contributed by atoms with E-state index in [-0.39, 0.29) is 5.75 Å². The number of aromatic nitrogens is 3. The van der Waals surface area contributed by atoms with Gasteiger partial charge in [0.15, 0.2) is 10.8 Å². The molecule has 0 spiro atoms. The van der Waals surface area contributed by atoms with E-state index in [0.29, 0.717) is 10.2 Å². The summed E-state index contributed by atoms with van der Waals surface area (Å²) in [6, 6.07) is 1.77. The van der Waals surface area contributed by atoms with Crippen LogP contribution in [0.4, 0.5) is 0 Å². The monoisotopic (exact) mass is 325 g/mol. The Morgan fingerprint density at radius 1 is 1.52 bits per heavy atom. The van der Waals surface area contributed by atoms with Gasteiger partial charge in [-0.15, -0.1) is 0 Å². The Labute approximate surface area is 131 Å². The van der Waals surface area contributed by atoms with Crippen LogP contribution in [0, 0.1) is 5.92 Å². The predicted molar refractivity (Wildman–Crippen MR) is 82.9 cm³/mol. The fourth-order valence-corrected chi connectivity index (χ4v) is 3.25. The molecule has 2 aromatic rings. The first kappa shape index (κ1) is 14.7. The minimum atomic E-state index is -0.845. The number of fused-ring (bicyclic) bond motifs is 1. The minimum Gasteiger partial charge on any atom is -0.481 e. The lowest BCUT2D eigenvalue weighted by molar-refractivity contribution is -0.133. The van der Waals surface area contributed by atoms with Crippen molar-refractivity contribution in [2.75, 3.05) is 5.75 Å². The first-order chi connectivity index (χ1) is 10.1. The first-order valence-corrected chi connectivity index (χ1v) is 8.36. The Balaban J connectivity index is 1.83. The Bertz CT molecular complexity index is 670. The highest BCUT2D eigenvalue weighted by atomic mass is 35.5. The third-order valence-electron chi connectivity index (χ3n) is 3.53. The van der Waals surface area contributed by atoms with Crippen LogP contribution in [0.1, 0.15) is 25.7 Å². The Kier molecular flexibility index (Phi) is 4.35. The number of hydrogen-bond acceptors (Lipinski definition) is 4. The zero-order valence-corrected chi connectivity index (χ0v) is 13.0. The van der Waals surface area contributed by atoms with Crippen LogP contribution >= 0.6 is 23.4 Å². The van der Waals surface area contributed by atoms with Crippen molar-refractivity contribution in [2.24, 2.45) is 5.92 Å². The fraction of sp³-hybridized carbons (Fsp3) is 0.500. The molecule has 1 aliphatic rings. The molecule has 1 fully saturated rings. The van der Waals surface area contributed by atoms with E-state index < -0.39 is 5.97 Å². The van der Waals surface area contributed by atoms with Crippen molar-refractivity contribution in [2.45, 2.75) is 37.4 Å². The van der Waals surface area contributed by atoms with Crippen molar-refractivity contribution in [1.29, 1.82) is 0 Å². The van der Waals surface area contributed by atoms with E-state index in [2.05, 4.69) is 9.97 Å². The predicted octanol–water partition coefficient (Wildman–Crippen LogP) is 3.45. The van der Waals surface area contributed by atoms with Crippen LogP contribution in [0.2, 0.25) is 5.02 Å². The van der Waals surface area contributed by atoms with E-state index in [1.807, 2.05) is 4.57 Å². The van der Waals surface area contributed by atoms with Crippen LogP contribution in [-0.4, -0.2) is 31.4 Å². The average molecular weight is 326 g/mol. The maximum absolute atomic E-state index is 10.8. The maximum atomic E-state index is 10.8. The summed E-state index contributed by atoms with van der Waals surface area (Å²) in [5.41, 5.74) is 1.50. The lowest BCUT2D eigenvalue weighted by Crippen LogP contribution is -2.04. The Hall–Kier alpha value is -1.27. The normalized spacial score (nSPS) is 14.7. The summed E-state index contributed by atoms with van der Waals surface area (Å²) in [5.74, 6) is 0.0412. The highest BCUT2D eigenvalue weighted by Crippen LogP contribution is 2.34. The maximum Gasteiger partial charge on any atom is 0.313 e. The van der Waals surface area contributed by atoms with Crippen molar-refractivity contribution in [3.05, 3.63) is 17.3 Å². The SMILES string of the molecule is O=C(O)CSc1nc2cc(Cl)cnc2n1CCCC1CC1. The second-order valence-corrected chi connectivity index (χ2v) is 6.69. The largest absolute Gasteiger partial charge is 0.481 e. The quantitative estimate of drug-likeness (QED) is 0.790. The second kappa shape index (κ2) is 6.23. The molecule has 0 unspecified atom stereocenters. The molecule has 1 aliphatic carbocycles. The van der Waals surface area contributed by atoms with E-state index in [4.69, 9.17) is 16.7 Å². The molecule has 0 atom stereocenters. The van der Waals surface area contributed by atoms with Gasteiger partial charge in [0.2, 0.25) is 0 Å². The Morgan fingerprint density at radius 2 is 2.33 bits per heavy atom. The van der Waals surface area contributed by atoms with Crippen LogP contribution in [-0.2, 0) is 11.3 Å². The van der Waals surface area contributed by atoms with Gasteiger partial charge in [0.1, 0.15) is 5.52 Å². The van der Waals surface area contributed by atoms with Gasteiger partial charge in [-0.3, -0.25) is 4.79 Å². The van der Waals surface area contributed by atoms with Gasteiger partial charge in [0.25, 0.3) is 0 Å². The smallest absolute Gasteiger partial charge is 0.313 e. The molecule has 0 amide bonds. The van der Waals surface area contributed by atoms with Crippen LogP contribution in [0.3, 0.4) is 0 Å². The zero-order chi connectivity index (χ0) is 14.8. The number of rotatable bonds is 7. The van der Waals surface area contributed by atoms with Crippen molar-refractivity contribution in [3.63, 3.8) is 0 Å². The number of thioether (sulfide) groups is 1. The number of imidazole rings is 1. The van der Waals surface area contributed by atoms with Gasteiger partial charge in [0, 0.05) is 12.7 Å². The summed E-state index contributed by atoms with van der Waals surface area (Å²) in [7, 11) is 0. The van der Waals surface area contributed by atoms with Gasteiger partial charge in [-0.2, -0.15) is 0 Å². The van der Waals surface area contributed by atoms with E-state index in [1.54, 1.807) is 12.3 Å². The first-order valence-electron chi connectivity index (χ1n) is 7.00. The molecule has 0 bridgehead atoms. The van der Waals surface area contributed by atoms with Crippen molar-refractivity contribution in [3.8, 4) is 0 Å². The molecule has 7 heteroatoms. The molecule has 1 saturated carbocycles. The molecule has 0 radical (unpaired) electrons. The summed E-state index contributed by atoms with van der Waals surface area (Å²) < 4.78 is 2.02. The van der Waals surface area contributed by atoms with Crippen LogP contribution in [0.15, 0.2) is 17.4 Å². The number of carboxylic acid groups (broad SMARTS) is 1. The lowest BCUT2D eigenvalue weighted by Gasteiger charge is -2.07. The molecule has 21 heavy (non-hydrogen) atoms. The summed E-state index contributed by atoms with van der Waals surface area (Å²) in [5, 5.41) is 10.1. The highest BCUT2D eigenvalue weighted by Gasteiger charge is 2.21. The molecule has 5 nitrogen and oxygen atoms in total. The highest BCUT2D eigenvalue weighted by molar-refractivity contribution is 7.99. The van der Waals surface area contributed by atoms with Gasteiger partial charge in [-0.05, 0) is 24.8 Å². The van der Waals surface area contributed by atoms with Crippen LogP contribution < -0.4 is 0 Å². The van der Waals surface area contributed by atoms with Crippen molar-refractivity contribution < 1.29 is 9.90 Å². The van der Waals surface area contributed by atoms with Gasteiger partial charge in [-0.25, -0.2) is 9.97 Å². The summed E-state index contributed by atoms with van der Waals surface area (Å²) in [6.07, 6.45) is 6.59. The molecule has 0 aromatic carbocycles. The van der Waals surface area contributed by atoms with Crippen molar-refractivity contribution >= 4 is 40.5 Å². The third-order valence-corrected chi connectivity index (χ3v) is 4.70. The summed E-state index contributed by atoms with van der Waals surface area (Å²) in [4.78, 5) is 19.6. The number of halogens is 1. The second-order valence-electron chi connectivity index (χ2n) is 5.31. The van der Waals surface area contributed by atoms with E-state index in [9.17, 15) is 4.79 Å². The standard InChI is InChI=1S/C14H16ClN3O2S/c15-10-6-11-13(16-7-10)18(5-1-2-9-3-4-9)14(17-11)21-8-12(19)20/h6-7,9H,1-5,8H2,(H,19,20). The number of hydrogen-bond donors (Lipinski definition) is 1.